The Kier molecular flexibility index (Phi) is 7.23. The number of nitrogens with one attached hydrogen (secondary N) is 1. The van der Waals surface area contributed by atoms with Gasteiger partial charge in [-0.15, -0.1) is 0 Å². The van der Waals surface area contributed by atoms with Crippen molar-refractivity contribution < 1.29 is 9.90 Å². The molecule has 0 fully saturated rings. The number of halogens is 1. The van der Waals surface area contributed by atoms with Gasteiger partial charge in [-0.1, -0.05) is 0 Å². The van der Waals surface area contributed by atoms with Gasteiger partial charge in [-0.3, -0.25) is 4.79 Å². The second kappa shape index (κ2) is 8.49. The van der Waals surface area contributed by atoms with Crippen LogP contribution in [0.1, 0.15) is 16.8 Å². The van der Waals surface area contributed by atoms with Crippen molar-refractivity contribution >= 4 is 33.6 Å². The van der Waals surface area contributed by atoms with Gasteiger partial charge in [0.05, 0.1) is 0 Å². The van der Waals surface area contributed by atoms with Crippen molar-refractivity contribution in [3.05, 3.63) is 28.5 Å². The molecule has 0 atom stereocenters. The van der Waals surface area contributed by atoms with Crippen molar-refractivity contribution in [2.75, 3.05) is 24.7 Å². The van der Waals surface area contributed by atoms with Gasteiger partial charge >= 0.3 is 0 Å². The summed E-state index contributed by atoms with van der Waals surface area (Å²) in [6.07, 6.45) is 2.39. The zero-order chi connectivity index (χ0) is 12.5. The molecule has 1 amide bonds. The number of amides is 1. The summed E-state index contributed by atoms with van der Waals surface area (Å²) in [6.45, 7) is 0.860. The van der Waals surface area contributed by atoms with Crippen LogP contribution in [0.4, 0.5) is 0 Å². The fourth-order valence-electron chi connectivity index (χ4n) is 1.15. The third-order valence-corrected chi connectivity index (χ3v) is 3.47. The standard InChI is InChI=1S/C11H15BrN2O2S/c12-10-8-9(2-3-13-10)11(16)14-4-7-17-6-1-5-15/h2-3,8,15H,1,4-7H2,(H,14,16). The number of thioether (sulfide) groups is 1. The highest BCUT2D eigenvalue weighted by Crippen LogP contribution is 2.07. The van der Waals surface area contributed by atoms with E-state index >= 15 is 0 Å². The molecule has 6 heteroatoms. The number of aliphatic hydroxyl groups excluding tert-OH is 1. The van der Waals surface area contributed by atoms with Crippen LogP contribution >= 0.6 is 27.7 Å². The van der Waals surface area contributed by atoms with Crippen LogP contribution in [0.2, 0.25) is 0 Å². The molecular formula is C11H15BrN2O2S. The van der Waals surface area contributed by atoms with E-state index < -0.39 is 0 Å². The lowest BCUT2D eigenvalue weighted by atomic mass is 10.2. The Morgan fingerprint density at radius 1 is 1.53 bits per heavy atom. The Hall–Kier alpha value is -0.590. The Labute approximate surface area is 113 Å². The van der Waals surface area contributed by atoms with E-state index in [1.165, 1.54) is 0 Å². The maximum absolute atomic E-state index is 11.7. The summed E-state index contributed by atoms with van der Waals surface area (Å²) < 4.78 is 0.655. The minimum atomic E-state index is -0.0872. The molecule has 0 radical (unpaired) electrons. The van der Waals surface area contributed by atoms with Crippen LogP contribution in [0.25, 0.3) is 0 Å². The second-order valence-electron chi connectivity index (χ2n) is 3.31. The maximum atomic E-state index is 11.7. The van der Waals surface area contributed by atoms with Crippen LogP contribution in [0.15, 0.2) is 22.9 Å². The van der Waals surface area contributed by atoms with Crippen LogP contribution < -0.4 is 5.32 Å². The number of pyridine rings is 1. The van der Waals surface area contributed by atoms with E-state index in [0.717, 1.165) is 17.9 Å². The Morgan fingerprint density at radius 3 is 3.06 bits per heavy atom. The molecule has 94 valence electrons. The predicted octanol–water partition coefficient (Wildman–Crippen LogP) is 1.69. The van der Waals surface area contributed by atoms with Crippen molar-refractivity contribution in [3.63, 3.8) is 0 Å². The van der Waals surface area contributed by atoms with E-state index in [0.29, 0.717) is 16.7 Å². The quantitative estimate of drug-likeness (QED) is 0.593. The van der Waals surface area contributed by atoms with Crippen molar-refractivity contribution in [1.29, 1.82) is 0 Å². The number of hydrogen-bond acceptors (Lipinski definition) is 4. The summed E-state index contributed by atoms with van der Waals surface area (Å²) in [4.78, 5) is 15.6. The summed E-state index contributed by atoms with van der Waals surface area (Å²) in [7, 11) is 0. The third-order valence-electron chi connectivity index (χ3n) is 1.97. The third kappa shape index (κ3) is 6.05. The monoisotopic (exact) mass is 318 g/mol. The molecule has 1 aromatic heterocycles. The average molecular weight is 319 g/mol. The predicted molar refractivity (Wildman–Crippen MR) is 73.3 cm³/mol. The molecule has 1 aromatic rings. The number of aromatic nitrogens is 1. The van der Waals surface area contributed by atoms with Gasteiger partial charge in [0.15, 0.2) is 0 Å². The number of carbonyl (C=O) groups is 1. The van der Waals surface area contributed by atoms with Crippen molar-refractivity contribution in [3.8, 4) is 0 Å². The van der Waals surface area contributed by atoms with E-state index in [1.54, 1.807) is 30.1 Å². The molecular weight excluding hydrogens is 304 g/mol. The van der Waals surface area contributed by atoms with Gasteiger partial charge in [-0.25, -0.2) is 4.98 Å². The van der Waals surface area contributed by atoms with Gasteiger partial charge in [-0.05, 0) is 40.2 Å². The van der Waals surface area contributed by atoms with E-state index in [2.05, 4.69) is 26.2 Å². The zero-order valence-electron chi connectivity index (χ0n) is 9.36. The van der Waals surface area contributed by atoms with Gasteiger partial charge in [0, 0.05) is 30.7 Å². The first kappa shape index (κ1) is 14.5. The molecule has 0 aliphatic carbocycles. The highest BCUT2D eigenvalue weighted by atomic mass is 79.9. The number of hydrogen-bond donors (Lipinski definition) is 2. The Balaban J connectivity index is 2.21. The molecule has 0 unspecified atom stereocenters. The molecule has 1 rings (SSSR count). The van der Waals surface area contributed by atoms with Gasteiger partial charge in [0.2, 0.25) is 0 Å². The number of carbonyl (C=O) groups excluding carboxylic acids is 1. The molecule has 0 saturated heterocycles. The largest absolute Gasteiger partial charge is 0.396 e. The van der Waals surface area contributed by atoms with Crippen LogP contribution in [0.5, 0.6) is 0 Å². The summed E-state index contributed by atoms with van der Waals surface area (Å²) in [5.41, 5.74) is 0.604. The fourth-order valence-corrected chi connectivity index (χ4v) is 2.30. The molecule has 0 aromatic carbocycles. The summed E-state index contributed by atoms with van der Waals surface area (Å²) in [5, 5.41) is 11.4. The first-order valence-electron chi connectivity index (χ1n) is 5.32. The minimum Gasteiger partial charge on any atom is -0.396 e. The number of rotatable bonds is 7. The number of aliphatic hydroxyl groups is 1. The molecule has 0 spiro atoms. The molecule has 0 aliphatic heterocycles. The van der Waals surface area contributed by atoms with E-state index in [1.807, 2.05) is 0 Å². The SMILES string of the molecule is O=C(NCCSCCCO)c1ccnc(Br)c1. The fraction of sp³-hybridized carbons (Fsp3) is 0.455. The summed E-state index contributed by atoms with van der Waals surface area (Å²) in [6, 6.07) is 3.37. The van der Waals surface area contributed by atoms with Crippen LogP contribution in [-0.2, 0) is 0 Å². The molecule has 0 bridgehead atoms. The molecule has 17 heavy (non-hydrogen) atoms. The van der Waals surface area contributed by atoms with Crippen LogP contribution in [0, 0.1) is 0 Å². The minimum absolute atomic E-state index is 0.0872. The van der Waals surface area contributed by atoms with E-state index in [9.17, 15) is 4.79 Å². The van der Waals surface area contributed by atoms with Gasteiger partial charge < -0.3 is 10.4 Å². The first-order chi connectivity index (χ1) is 8.24. The van der Waals surface area contributed by atoms with E-state index in [-0.39, 0.29) is 12.5 Å². The van der Waals surface area contributed by atoms with Crippen molar-refractivity contribution in [1.82, 2.24) is 10.3 Å². The Bertz CT molecular complexity index is 363. The maximum Gasteiger partial charge on any atom is 0.251 e. The topological polar surface area (TPSA) is 62.2 Å². The normalized spacial score (nSPS) is 10.2. The van der Waals surface area contributed by atoms with Crippen LogP contribution in [0.3, 0.4) is 0 Å². The summed E-state index contributed by atoms with van der Waals surface area (Å²) >= 11 is 4.94. The molecule has 1 heterocycles. The number of nitrogens with zero attached hydrogens (tertiary/aromatic N) is 1. The van der Waals surface area contributed by atoms with Crippen molar-refractivity contribution in [2.45, 2.75) is 6.42 Å². The lowest BCUT2D eigenvalue weighted by molar-refractivity contribution is 0.0956. The first-order valence-corrected chi connectivity index (χ1v) is 7.27. The molecule has 2 N–H and O–H groups in total. The molecule has 4 nitrogen and oxygen atoms in total. The highest BCUT2D eigenvalue weighted by molar-refractivity contribution is 9.10. The van der Waals surface area contributed by atoms with E-state index in [4.69, 9.17) is 5.11 Å². The van der Waals surface area contributed by atoms with Gasteiger partial charge in [0.1, 0.15) is 4.60 Å². The Morgan fingerprint density at radius 2 is 2.35 bits per heavy atom. The smallest absolute Gasteiger partial charge is 0.251 e. The van der Waals surface area contributed by atoms with Crippen molar-refractivity contribution in [2.24, 2.45) is 0 Å². The summed E-state index contributed by atoms with van der Waals surface area (Å²) in [5.74, 6) is 1.70. The zero-order valence-corrected chi connectivity index (χ0v) is 11.8. The second-order valence-corrected chi connectivity index (χ2v) is 5.35. The van der Waals surface area contributed by atoms with Gasteiger partial charge in [-0.2, -0.15) is 11.8 Å². The van der Waals surface area contributed by atoms with Gasteiger partial charge in [0.25, 0.3) is 5.91 Å². The molecule has 0 aliphatic rings. The average Bonchev–Trinajstić information content (AvgIpc) is 2.33. The highest BCUT2D eigenvalue weighted by Gasteiger charge is 2.04. The lowest BCUT2D eigenvalue weighted by Gasteiger charge is -2.05. The molecule has 0 saturated carbocycles. The van der Waals surface area contributed by atoms with Crippen LogP contribution in [-0.4, -0.2) is 40.7 Å². The lowest BCUT2D eigenvalue weighted by Crippen LogP contribution is -2.25.